The molecule has 1 unspecified atom stereocenters. The third-order valence-electron chi connectivity index (χ3n) is 4.52. The van der Waals surface area contributed by atoms with E-state index >= 15 is 0 Å². The van der Waals surface area contributed by atoms with Crippen LogP contribution in [0.5, 0.6) is 0 Å². The van der Waals surface area contributed by atoms with Crippen molar-refractivity contribution in [3.05, 3.63) is 29.8 Å². The van der Waals surface area contributed by atoms with Crippen LogP contribution in [0, 0.1) is 5.92 Å². The lowest BCUT2D eigenvalue weighted by Gasteiger charge is -2.34. The average molecular weight is 392 g/mol. The van der Waals surface area contributed by atoms with Crippen molar-refractivity contribution in [1.82, 2.24) is 9.80 Å². The highest BCUT2D eigenvalue weighted by atomic mass is 35.5. The number of anilines is 1. The molecule has 1 aromatic rings. The van der Waals surface area contributed by atoms with Gasteiger partial charge in [-0.3, -0.25) is 4.79 Å². The van der Waals surface area contributed by atoms with E-state index in [4.69, 9.17) is 5.73 Å². The van der Waals surface area contributed by atoms with Gasteiger partial charge >= 0.3 is 0 Å². The molecule has 1 atom stereocenters. The SMILES string of the molecule is CC(O)CN1CCC(CN(C)C(=O)Cc2ccc(N)cc2)CC1.Cl.Cl. The molecular formula is C18H31Cl2N3O2. The number of nitrogen functional groups attached to an aromatic ring is 1. The first-order valence-corrected chi connectivity index (χ1v) is 8.43. The van der Waals surface area contributed by atoms with Crippen molar-refractivity contribution in [2.75, 3.05) is 39.0 Å². The normalized spacial score (nSPS) is 16.4. The molecule has 0 radical (unpaired) electrons. The zero-order valence-corrected chi connectivity index (χ0v) is 16.7. The number of carbonyl (C=O) groups excluding carboxylic acids is 1. The van der Waals surface area contributed by atoms with Crippen LogP contribution in [0.4, 0.5) is 5.69 Å². The van der Waals surface area contributed by atoms with Gasteiger partial charge in [0.25, 0.3) is 0 Å². The number of nitrogens with zero attached hydrogens (tertiary/aromatic N) is 2. The molecule has 0 saturated carbocycles. The van der Waals surface area contributed by atoms with Crippen molar-refractivity contribution in [3.63, 3.8) is 0 Å². The Hall–Kier alpha value is -1.01. The zero-order chi connectivity index (χ0) is 16.8. The number of nitrogens with two attached hydrogens (primary N) is 1. The Labute approximate surface area is 163 Å². The average Bonchev–Trinajstić information content (AvgIpc) is 2.51. The van der Waals surface area contributed by atoms with E-state index in [0.29, 0.717) is 12.3 Å². The second-order valence-electron chi connectivity index (χ2n) is 6.79. The number of carbonyl (C=O) groups is 1. The van der Waals surface area contributed by atoms with Crippen molar-refractivity contribution >= 4 is 36.4 Å². The van der Waals surface area contributed by atoms with Crippen LogP contribution < -0.4 is 5.73 Å². The van der Waals surface area contributed by atoms with Gasteiger partial charge in [0.2, 0.25) is 5.91 Å². The highest BCUT2D eigenvalue weighted by molar-refractivity contribution is 5.85. The van der Waals surface area contributed by atoms with Crippen LogP contribution in [0.1, 0.15) is 25.3 Å². The summed E-state index contributed by atoms with van der Waals surface area (Å²) in [5.74, 6) is 0.710. The van der Waals surface area contributed by atoms with Crippen LogP contribution in [0.3, 0.4) is 0 Å². The molecule has 1 heterocycles. The predicted octanol–water partition coefficient (Wildman–Crippen LogP) is 2.21. The van der Waals surface area contributed by atoms with Crippen molar-refractivity contribution in [2.45, 2.75) is 32.3 Å². The summed E-state index contributed by atoms with van der Waals surface area (Å²) >= 11 is 0. The summed E-state index contributed by atoms with van der Waals surface area (Å²) in [6.45, 7) is 5.41. The molecule has 3 N–H and O–H groups in total. The van der Waals surface area contributed by atoms with Crippen molar-refractivity contribution in [2.24, 2.45) is 5.92 Å². The number of likely N-dealkylation sites (tertiary alicyclic amines) is 1. The second kappa shape index (κ2) is 11.6. The number of rotatable bonds is 6. The molecule has 25 heavy (non-hydrogen) atoms. The van der Waals surface area contributed by atoms with Crippen LogP contribution in [0.15, 0.2) is 24.3 Å². The first-order chi connectivity index (χ1) is 10.9. The molecule has 144 valence electrons. The van der Waals surface area contributed by atoms with E-state index in [0.717, 1.165) is 50.3 Å². The number of aliphatic hydroxyl groups is 1. The van der Waals surface area contributed by atoms with Crippen LogP contribution in [-0.2, 0) is 11.2 Å². The maximum atomic E-state index is 12.3. The molecule has 1 fully saturated rings. The van der Waals surface area contributed by atoms with Crippen LogP contribution in [0.25, 0.3) is 0 Å². The van der Waals surface area contributed by atoms with Crippen LogP contribution in [0.2, 0.25) is 0 Å². The lowest BCUT2D eigenvalue weighted by Crippen LogP contribution is -2.41. The summed E-state index contributed by atoms with van der Waals surface area (Å²) in [5, 5.41) is 9.44. The van der Waals surface area contributed by atoms with Crippen LogP contribution in [-0.4, -0.2) is 60.1 Å². The van der Waals surface area contributed by atoms with Gasteiger partial charge in [-0.15, -0.1) is 24.8 Å². The Morgan fingerprint density at radius 1 is 1.28 bits per heavy atom. The summed E-state index contributed by atoms with van der Waals surface area (Å²) in [5.41, 5.74) is 7.39. The Morgan fingerprint density at radius 3 is 2.36 bits per heavy atom. The summed E-state index contributed by atoms with van der Waals surface area (Å²) < 4.78 is 0. The Morgan fingerprint density at radius 2 is 1.84 bits per heavy atom. The number of amides is 1. The van der Waals surface area contributed by atoms with Crippen molar-refractivity contribution in [1.29, 1.82) is 0 Å². The third-order valence-corrected chi connectivity index (χ3v) is 4.52. The maximum Gasteiger partial charge on any atom is 0.226 e. The largest absolute Gasteiger partial charge is 0.399 e. The standard InChI is InChI=1S/C18H29N3O2.2ClH/c1-14(22)12-21-9-7-16(8-10-21)13-20(2)18(23)11-15-3-5-17(19)6-4-15;;/h3-6,14,16,22H,7-13,19H2,1-2H3;2*1H. The number of β-amino-alcohol motifs (C(OH)–C–C–N with tert-alkyl or cyclic N) is 1. The molecule has 2 rings (SSSR count). The molecule has 0 aromatic heterocycles. The maximum absolute atomic E-state index is 12.3. The van der Waals surface area contributed by atoms with E-state index in [1.807, 2.05) is 43.1 Å². The third kappa shape index (κ3) is 8.27. The van der Waals surface area contributed by atoms with Gasteiger partial charge in [-0.1, -0.05) is 12.1 Å². The Balaban J connectivity index is 0.00000288. The minimum Gasteiger partial charge on any atom is -0.399 e. The van der Waals surface area contributed by atoms with Crippen molar-refractivity contribution < 1.29 is 9.90 Å². The quantitative estimate of drug-likeness (QED) is 0.729. The molecule has 1 amide bonds. The smallest absolute Gasteiger partial charge is 0.226 e. The fraction of sp³-hybridized carbons (Fsp3) is 0.611. The molecule has 1 saturated heterocycles. The van der Waals surface area contributed by atoms with Gasteiger partial charge < -0.3 is 20.6 Å². The fourth-order valence-corrected chi connectivity index (χ4v) is 3.16. The van der Waals surface area contributed by atoms with Gasteiger partial charge in [0.05, 0.1) is 12.5 Å². The lowest BCUT2D eigenvalue weighted by atomic mass is 9.96. The molecule has 7 heteroatoms. The molecule has 1 aliphatic heterocycles. The molecule has 5 nitrogen and oxygen atoms in total. The van der Waals surface area contributed by atoms with Gasteiger partial charge in [0.15, 0.2) is 0 Å². The summed E-state index contributed by atoms with van der Waals surface area (Å²) in [6, 6.07) is 7.49. The van der Waals surface area contributed by atoms with Gasteiger partial charge in [-0.25, -0.2) is 0 Å². The molecule has 1 aromatic carbocycles. The molecular weight excluding hydrogens is 361 g/mol. The van der Waals surface area contributed by atoms with E-state index in [2.05, 4.69) is 4.90 Å². The summed E-state index contributed by atoms with van der Waals surface area (Å²) in [4.78, 5) is 16.5. The minimum atomic E-state index is -0.268. The second-order valence-corrected chi connectivity index (χ2v) is 6.79. The van der Waals surface area contributed by atoms with E-state index in [1.54, 1.807) is 0 Å². The first kappa shape index (κ1) is 24.0. The van der Waals surface area contributed by atoms with Gasteiger partial charge in [0.1, 0.15) is 0 Å². The van der Waals surface area contributed by atoms with Crippen molar-refractivity contribution in [3.8, 4) is 0 Å². The summed E-state index contributed by atoms with van der Waals surface area (Å²) in [7, 11) is 1.89. The fourth-order valence-electron chi connectivity index (χ4n) is 3.16. The predicted molar refractivity (Wildman–Crippen MR) is 108 cm³/mol. The Kier molecular flexibility index (Phi) is 11.1. The van der Waals surface area contributed by atoms with Gasteiger partial charge in [0, 0.05) is 25.8 Å². The Bertz CT molecular complexity index is 504. The number of benzene rings is 1. The number of aliphatic hydroxyl groups excluding tert-OH is 1. The van der Waals surface area contributed by atoms with Gasteiger partial charge in [-0.05, 0) is 56.5 Å². The molecule has 0 aliphatic carbocycles. The number of halogens is 2. The monoisotopic (exact) mass is 391 g/mol. The highest BCUT2D eigenvalue weighted by Gasteiger charge is 2.22. The number of hydrogen-bond acceptors (Lipinski definition) is 4. The molecule has 1 aliphatic rings. The lowest BCUT2D eigenvalue weighted by molar-refractivity contribution is -0.129. The number of likely N-dealkylation sites (N-methyl/N-ethyl adjacent to an activating group) is 1. The highest BCUT2D eigenvalue weighted by Crippen LogP contribution is 2.18. The first-order valence-electron chi connectivity index (χ1n) is 8.43. The van der Waals surface area contributed by atoms with E-state index in [1.165, 1.54) is 0 Å². The molecule has 0 spiro atoms. The minimum absolute atomic E-state index is 0. The van der Waals surface area contributed by atoms with Crippen LogP contribution >= 0.6 is 24.8 Å². The summed E-state index contributed by atoms with van der Waals surface area (Å²) in [6.07, 6.45) is 2.34. The zero-order valence-electron chi connectivity index (χ0n) is 15.1. The van der Waals surface area contributed by atoms with E-state index in [-0.39, 0.29) is 36.8 Å². The number of piperidine rings is 1. The van der Waals surface area contributed by atoms with Gasteiger partial charge in [-0.2, -0.15) is 0 Å². The number of hydrogen-bond donors (Lipinski definition) is 2. The van der Waals surface area contributed by atoms with E-state index < -0.39 is 0 Å². The van der Waals surface area contributed by atoms with E-state index in [9.17, 15) is 9.90 Å². The topological polar surface area (TPSA) is 69.8 Å². The molecule has 0 bridgehead atoms.